The van der Waals surface area contributed by atoms with Crippen LogP contribution in [0.5, 0.6) is 0 Å². The van der Waals surface area contributed by atoms with Gasteiger partial charge in [0.1, 0.15) is 5.60 Å². The van der Waals surface area contributed by atoms with Gasteiger partial charge in [0.25, 0.3) is 5.17 Å². The predicted molar refractivity (Wildman–Crippen MR) is 79.9 cm³/mol. The van der Waals surface area contributed by atoms with Crippen molar-refractivity contribution >= 4 is 17.4 Å². The minimum absolute atomic E-state index is 0.0252. The van der Waals surface area contributed by atoms with Gasteiger partial charge in [-0.3, -0.25) is 0 Å². The summed E-state index contributed by atoms with van der Waals surface area (Å²) in [6.07, 6.45) is 0.417. The SMILES string of the molecule is CC(C)(C)OC(=S)N1CC[C@H]1C(O)c1ccccc1. The molecule has 0 amide bonds. The van der Waals surface area contributed by atoms with Crippen LogP contribution >= 0.6 is 12.2 Å². The van der Waals surface area contributed by atoms with Gasteiger partial charge in [-0.2, -0.15) is 0 Å². The second-order valence-corrected chi connectivity index (χ2v) is 6.23. The van der Waals surface area contributed by atoms with Crippen molar-refractivity contribution in [2.24, 2.45) is 0 Å². The highest BCUT2D eigenvalue weighted by atomic mass is 32.1. The van der Waals surface area contributed by atoms with Crippen molar-refractivity contribution in [2.75, 3.05) is 6.54 Å². The van der Waals surface area contributed by atoms with Crippen LogP contribution in [-0.4, -0.2) is 33.4 Å². The average Bonchev–Trinajstić information content (AvgIpc) is 2.26. The molecule has 19 heavy (non-hydrogen) atoms. The molecule has 1 aromatic carbocycles. The van der Waals surface area contributed by atoms with Crippen molar-refractivity contribution in [3.05, 3.63) is 35.9 Å². The predicted octanol–water partition coefficient (Wildman–Crippen LogP) is 2.89. The summed E-state index contributed by atoms with van der Waals surface area (Å²) in [5.41, 5.74) is 0.630. The van der Waals surface area contributed by atoms with Crippen LogP contribution in [0.25, 0.3) is 0 Å². The van der Waals surface area contributed by atoms with Gasteiger partial charge < -0.3 is 14.7 Å². The van der Waals surface area contributed by atoms with Crippen LogP contribution in [0.3, 0.4) is 0 Å². The second kappa shape index (κ2) is 5.47. The number of ether oxygens (including phenoxy) is 1. The molecule has 104 valence electrons. The van der Waals surface area contributed by atoms with Crippen LogP contribution in [0.1, 0.15) is 38.9 Å². The lowest BCUT2D eigenvalue weighted by Gasteiger charge is -2.45. The van der Waals surface area contributed by atoms with Crippen LogP contribution < -0.4 is 0 Å². The number of aliphatic hydroxyl groups excluding tert-OH is 1. The summed E-state index contributed by atoms with van der Waals surface area (Å²) in [6, 6.07) is 9.72. The lowest BCUT2D eigenvalue weighted by molar-refractivity contribution is -0.00145. The Hall–Kier alpha value is -1.13. The Kier molecular flexibility index (Phi) is 4.11. The maximum Gasteiger partial charge on any atom is 0.260 e. The van der Waals surface area contributed by atoms with E-state index in [2.05, 4.69) is 0 Å². The first-order valence-electron chi connectivity index (χ1n) is 6.61. The minimum Gasteiger partial charge on any atom is -0.465 e. The molecule has 1 aromatic rings. The summed E-state index contributed by atoms with van der Waals surface area (Å²) in [5, 5.41) is 10.9. The average molecular weight is 279 g/mol. The number of hydrogen-bond acceptors (Lipinski definition) is 3. The molecule has 1 unspecified atom stereocenters. The Morgan fingerprint density at radius 2 is 2.00 bits per heavy atom. The quantitative estimate of drug-likeness (QED) is 0.844. The fraction of sp³-hybridized carbons (Fsp3) is 0.533. The first-order valence-corrected chi connectivity index (χ1v) is 7.02. The largest absolute Gasteiger partial charge is 0.465 e. The maximum absolute atomic E-state index is 10.4. The van der Waals surface area contributed by atoms with Gasteiger partial charge in [0.2, 0.25) is 0 Å². The van der Waals surface area contributed by atoms with Crippen LogP contribution in [0.2, 0.25) is 0 Å². The summed E-state index contributed by atoms with van der Waals surface area (Å²) >= 11 is 5.31. The molecule has 1 N–H and O–H groups in total. The first-order chi connectivity index (χ1) is 8.88. The molecule has 3 nitrogen and oxygen atoms in total. The Labute approximate surface area is 120 Å². The molecule has 4 heteroatoms. The van der Waals surface area contributed by atoms with Gasteiger partial charge in [-0.1, -0.05) is 30.3 Å². The van der Waals surface area contributed by atoms with Gasteiger partial charge in [-0.25, -0.2) is 0 Å². The van der Waals surface area contributed by atoms with E-state index in [1.165, 1.54) is 0 Å². The summed E-state index contributed by atoms with van der Waals surface area (Å²) < 4.78 is 5.70. The Bertz CT molecular complexity index is 441. The van der Waals surface area contributed by atoms with Crippen LogP contribution in [0.4, 0.5) is 0 Å². The number of aliphatic hydroxyl groups is 1. The highest BCUT2D eigenvalue weighted by molar-refractivity contribution is 7.80. The van der Waals surface area contributed by atoms with E-state index in [0.29, 0.717) is 5.17 Å². The molecular weight excluding hydrogens is 258 g/mol. The number of likely N-dealkylation sites (tertiary alicyclic amines) is 1. The van der Waals surface area contributed by atoms with E-state index in [-0.39, 0.29) is 11.6 Å². The zero-order valence-electron chi connectivity index (χ0n) is 11.7. The molecule has 1 aliphatic rings. The maximum atomic E-state index is 10.4. The van der Waals surface area contributed by atoms with E-state index in [0.717, 1.165) is 18.5 Å². The highest BCUT2D eigenvalue weighted by Crippen LogP contribution is 2.31. The van der Waals surface area contributed by atoms with Gasteiger partial charge in [0.05, 0.1) is 12.1 Å². The molecule has 0 aliphatic carbocycles. The Morgan fingerprint density at radius 3 is 2.47 bits per heavy atom. The number of nitrogens with zero attached hydrogens (tertiary/aromatic N) is 1. The fourth-order valence-corrected chi connectivity index (χ4v) is 2.63. The highest BCUT2D eigenvalue weighted by Gasteiger charge is 2.37. The molecule has 0 bridgehead atoms. The molecule has 0 radical (unpaired) electrons. The number of benzene rings is 1. The summed E-state index contributed by atoms with van der Waals surface area (Å²) in [5.74, 6) is 0. The van der Waals surface area contributed by atoms with Crippen molar-refractivity contribution in [1.29, 1.82) is 0 Å². The zero-order chi connectivity index (χ0) is 14.0. The topological polar surface area (TPSA) is 32.7 Å². The van der Waals surface area contributed by atoms with E-state index in [4.69, 9.17) is 17.0 Å². The molecule has 1 saturated heterocycles. The third-order valence-electron chi connectivity index (χ3n) is 3.20. The molecule has 1 heterocycles. The monoisotopic (exact) mass is 279 g/mol. The van der Waals surface area contributed by atoms with Gasteiger partial charge in [-0.05, 0) is 45.0 Å². The standard InChI is InChI=1S/C15H21NO2S/c1-15(2,3)18-14(19)16-10-9-12(16)13(17)11-7-5-4-6-8-11/h4-8,12-13,17H,9-10H2,1-3H3/t12-,13?/m0/s1. The molecule has 2 rings (SSSR count). The summed E-state index contributed by atoms with van der Waals surface area (Å²) in [6.45, 7) is 6.77. The fourth-order valence-electron chi connectivity index (χ4n) is 2.16. The zero-order valence-corrected chi connectivity index (χ0v) is 12.5. The minimum atomic E-state index is -0.517. The second-order valence-electron chi connectivity index (χ2n) is 5.89. The van der Waals surface area contributed by atoms with E-state index in [1.807, 2.05) is 56.0 Å². The van der Waals surface area contributed by atoms with Crippen molar-refractivity contribution in [3.8, 4) is 0 Å². The third-order valence-corrected chi connectivity index (χ3v) is 3.52. The van der Waals surface area contributed by atoms with E-state index >= 15 is 0 Å². The van der Waals surface area contributed by atoms with Crippen molar-refractivity contribution in [3.63, 3.8) is 0 Å². The normalized spacial score (nSPS) is 20.6. The molecule has 2 atom stereocenters. The van der Waals surface area contributed by atoms with Gasteiger partial charge in [0.15, 0.2) is 0 Å². The lowest BCUT2D eigenvalue weighted by Crippen LogP contribution is -2.55. The summed E-state index contributed by atoms with van der Waals surface area (Å²) in [7, 11) is 0. The smallest absolute Gasteiger partial charge is 0.260 e. The number of thiocarbonyl (C=S) groups is 1. The number of hydrogen-bond donors (Lipinski definition) is 1. The number of rotatable bonds is 2. The van der Waals surface area contributed by atoms with Crippen molar-refractivity contribution < 1.29 is 9.84 Å². The lowest BCUT2D eigenvalue weighted by atomic mass is 9.93. The molecular formula is C15H21NO2S. The van der Waals surface area contributed by atoms with Crippen molar-refractivity contribution in [1.82, 2.24) is 4.90 Å². The summed E-state index contributed by atoms with van der Waals surface area (Å²) in [4.78, 5) is 1.97. The van der Waals surface area contributed by atoms with Crippen molar-refractivity contribution in [2.45, 2.75) is 44.9 Å². The molecule has 0 saturated carbocycles. The van der Waals surface area contributed by atoms with E-state index < -0.39 is 6.10 Å². The van der Waals surface area contributed by atoms with Crippen LogP contribution in [0, 0.1) is 0 Å². The Morgan fingerprint density at radius 1 is 1.37 bits per heavy atom. The molecule has 0 spiro atoms. The first kappa shape index (κ1) is 14.3. The van der Waals surface area contributed by atoms with Crippen LogP contribution in [-0.2, 0) is 4.74 Å². The van der Waals surface area contributed by atoms with Gasteiger partial charge >= 0.3 is 0 Å². The van der Waals surface area contributed by atoms with E-state index in [9.17, 15) is 5.11 Å². The van der Waals surface area contributed by atoms with Crippen LogP contribution in [0.15, 0.2) is 30.3 Å². The van der Waals surface area contributed by atoms with E-state index in [1.54, 1.807) is 0 Å². The molecule has 1 aliphatic heterocycles. The van der Waals surface area contributed by atoms with Gasteiger partial charge in [0, 0.05) is 6.54 Å². The third kappa shape index (κ3) is 3.45. The van der Waals surface area contributed by atoms with Gasteiger partial charge in [-0.15, -0.1) is 0 Å². The Balaban J connectivity index is 2.01. The molecule has 0 aromatic heterocycles. The molecule has 1 fully saturated rings.